The van der Waals surface area contributed by atoms with Crippen molar-refractivity contribution in [3.05, 3.63) is 216 Å². The Bertz CT molecular complexity index is 3900. The van der Waals surface area contributed by atoms with Crippen LogP contribution in [0.15, 0.2) is 176 Å². The van der Waals surface area contributed by atoms with Gasteiger partial charge in [0.15, 0.2) is 0 Å². The molecule has 3 aliphatic heterocycles. The molecular weight excluding hydrogens is 1200 g/mol. The second kappa shape index (κ2) is 29.3. The van der Waals surface area contributed by atoms with Crippen LogP contribution in [0.4, 0.5) is 13.2 Å². The number of cyclic esters (lactones) is 3. The van der Waals surface area contributed by atoms with Crippen LogP contribution < -0.4 is 0 Å². The molecule has 3 saturated heterocycles. The van der Waals surface area contributed by atoms with Crippen molar-refractivity contribution in [1.82, 2.24) is 15.0 Å². The Morgan fingerprint density at radius 3 is 1.34 bits per heavy atom. The fourth-order valence-electron chi connectivity index (χ4n) is 16.6. The Kier molecular flexibility index (Phi) is 21.0. The lowest BCUT2D eigenvalue weighted by atomic mass is 9.55. The lowest BCUT2D eigenvalue weighted by Crippen LogP contribution is -2.50. The van der Waals surface area contributed by atoms with E-state index in [4.69, 9.17) is 18.9 Å². The number of rotatable bonds is 14. The molecule has 6 aliphatic rings. The Morgan fingerprint density at radius 1 is 0.484 bits per heavy atom. The van der Waals surface area contributed by atoms with Crippen molar-refractivity contribution in [2.75, 3.05) is 13.2 Å². The highest BCUT2D eigenvalue weighted by molar-refractivity contribution is 5.81. The molecule has 0 radical (unpaired) electrons. The number of carbonyl (C=O) groups excluding carboxylic acids is 3. The van der Waals surface area contributed by atoms with Gasteiger partial charge in [-0.25, -0.2) is 13.2 Å². The Morgan fingerprint density at radius 2 is 0.905 bits per heavy atom. The van der Waals surface area contributed by atoms with Gasteiger partial charge in [-0.1, -0.05) is 145 Å². The van der Waals surface area contributed by atoms with Crippen molar-refractivity contribution in [2.24, 2.45) is 87.8 Å². The summed E-state index contributed by atoms with van der Waals surface area (Å²) in [6, 6.07) is 41.2. The lowest BCUT2D eigenvalue weighted by Gasteiger charge is -2.47. The Labute approximate surface area is 557 Å². The van der Waals surface area contributed by atoms with Gasteiger partial charge in [-0.2, -0.15) is 0 Å². The van der Waals surface area contributed by atoms with Gasteiger partial charge in [0.1, 0.15) is 35.8 Å². The highest BCUT2D eigenvalue weighted by Crippen LogP contribution is 2.58. The first kappa shape index (κ1) is 68.1. The van der Waals surface area contributed by atoms with Gasteiger partial charge in [0.25, 0.3) is 0 Å². The van der Waals surface area contributed by atoms with Crippen LogP contribution in [0.25, 0.3) is 51.6 Å². The molecule has 0 spiro atoms. The molecule has 3 saturated carbocycles. The minimum Gasteiger partial charge on any atom is -0.462 e. The number of allylic oxidation sites excluding steroid dienone is 3. The average molecular weight is 1290 g/mol. The number of ether oxygens (including phenoxy) is 4. The molecule has 95 heavy (non-hydrogen) atoms. The number of benzene rings is 4. The zero-order valence-corrected chi connectivity index (χ0v) is 55.7. The van der Waals surface area contributed by atoms with Gasteiger partial charge in [0.2, 0.25) is 0 Å². The molecule has 496 valence electrons. The van der Waals surface area contributed by atoms with E-state index in [1.165, 1.54) is 36.4 Å². The number of aromatic nitrogens is 3. The number of fused-ring (bicyclic) bond motifs is 3. The number of aliphatic hydroxyl groups is 1. The number of halogens is 3. The minimum atomic E-state index is -0.810. The van der Waals surface area contributed by atoms with E-state index >= 15 is 0 Å². The largest absolute Gasteiger partial charge is 0.462 e. The second-order valence-electron chi connectivity index (χ2n) is 28.0. The van der Waals surface area contributed by atoms with Crippen molar-refractivity contribution >= 4 is 36.1 Å². The third kappa shape index (κ3) is 14.6. The van der Waals surface area contributed by atoms with Gasteiger partial charge < -0.3 is 24.1 Å². The standard InChI is InChI=1S/C32H34FNO3.C25H28FNO3.C24H26FNO2/c1-21-17-32(20-36-19-24-8-5-4-6-9-24)30(23(3)37-31(32)35)29(22(21)2)15-14-28-13-12-26(18-34-28)25-10-7-11-27(33)16-25;1-15-12-25(14-28)23(17(3)30-24(25)29)22(16(15)2)10-9-21-8-7-19(13-27-21)18-5-4-6-20(26)11-18;1-14-11-22-23(16(3)28-24(22)27)21(15(14)2)10-9-20-8-7-18(13-26-20)17-5-4-6-19(25)12-17/h4-16,18,21-23,29-30H,17,19-20H2,1-3H3;4-11,13,15-17,22-23,28H,12,14H2,1-3H3;4-10,12-16,21-23H,11H2,1-3H3/b15-14+;2*10-9+/t21-,22+,23+,29-,30-,32-;15-,16+,17+,22-,23-,25-;14-,15+,16+,21-,22+,23-/m000/s1. The molecule has 7 aromatic rings. The third-order valence-corrected chi connectivity index (χ3v) is 22.1. The molecular formula is C81H88F3N3O8. The molecule has 3 aliphatic carbocycles. The molecule has 0 amide bonds. The van der Waals surface area contributed by atoms with Crippen molar-refractivity contribution in [3.8, 4) is 33.4 Å². The SMILES string of the molecule is C[C@H]1[C@H](/C=C/c2ccc(-c3cccc(F)c3)cn2)[C@@H]2[C@@H](C)OC(=O)[C@@H]2C[C@@H]1C.C[C@H]1[C@H](/C=C/c2ccc(-c3cccc(F)c3)cn2)[C@@H]2[C@@H](C)OC(=O)[C@]2(CO)C[C@@H]1C.C[C@H]1[C@H](/C=C/c2ccc(-c3cccc(F)c3)cn2)[C@@H]2[C@@H](C)OC(=O)[C@]2(COCc2ccccc2)C[C@@H]1C. The van der Waals surface area contributed by atoms with E-state index in [-0.39, 0.29) is 95.8 Å². The smallest absolute Gasteiger partial charge is 0.315 e. The molecule has 4 aromatic carbocycles. The van der Waals surface area contributed by atoms with E-state index in [0.29, 0.717) is 61.1 Å². The van der Waals surface area contributed by atoms with Gasteiger partial charge in [0.05, 0.1) is 53.7 Å². The van der Waals surface area contributed by atoms with Crippen LogP contribution in [0.1, 0.15) is 104 Å². The highest BCUT2D eigenvalue weighted by Gasteiger charge is 2.63. The van der Waals surface area contributed by atoms with Gasteiger partial charge in [0, 0.05) is 53.0 Å². The Balaban J connectivity index is 0.000000147. The van der Waals surface area contributed by atoms with E-state index in [9.17, 15) is 32.7 Å². The molecule has 14 heteroatoms. The van der Waals surface area contributed by atoms with Gasteiger partial charge >= 0.3 is 17.9 Å². The molecule has 18 atom stereocenters. The van der Waals surface area contributed by atoms with Gasteiger partial charge in [-0.15, -0.1) is 0 Å². The summed E-state index contributed by atoms with van der Waals surface area (Å²) in [6.45, 7) is 19.9. The number of nitrogens with zero attached hydrogens (tertiary/aromatic N) is 3. The molecule has 3 aromatic heterocycles. The summed E-state index contributed by atoms with van der Waals surface area (Å²) in [7, 11) is 0. The van der Waals surface area contributed by atoms with E-state index in [1.54, 1.807) is 36.8 Å². The summed E-state index contributed by atoms with van der Waals surface area (Å²) in [5.74, 6) is 1.90. The zero-order valence-electron chi connectivity index (χ0n) is 55.7. The highest BCUT2D eigenvalue weighted by atomic mass is 19.1. The van der Waals surface area contributed by atoms with E-state index < -0.39 is 10.8 Å². The van der Waals surface area contributed by atoms with Crippen LogP contribution in [-0.4, -0.2) is 69.5 Å². The normalized spacial score (nSPS) is 31.5. The minimum absolute atomic E-state index is 0.0131. The van der Waals surface area contributed by atoms with Crippen molar-refractivity contribution < 1.29 is 51.6 Å². The maximum Gasteiger partial charge on any atom is 0.315 e. The summed E-state index contributed by atoms with van der Waals surface area (Å²) < 4.78 is 63.7. The number of pyridine rings is 3. The molecule has 1 N–H and O–H groups in total. The number of hydrogen-bond acceptors (Lipinski definition) is 11. The monoisotopic (exact) mass is 1290 g/mol. The molecule has 0 unspecified atom stereocenters. The van der Waals surface area contributed by atoms with Crippen molar-refractivity contribution in [2.45, 2.75) is 106 Å². The van der Waals surface area contributed by atoms with E-state index in [1.807, 2.05) is 124 Å². The fraction of sp³-hybridized carbons (Fsp3) is 0.407. The van der Waals surface area contributed by atoms with Crippen LogP contribution in [-0.2, 0) is 39.9 Å². The first-order valence-corrected chi connectivity index (χ1v) is 33.7. The topological polar surface area (TPSA) is 147 Å². The summed E-state index contributed by atoms with van der Waals surface area (Å²) in [5.41, 5.74) is 7.14. The fourth-order valence-corrected chi connectivity index (χ4v) is 16.6. The number of esters is 3. The van der Waals surface area contributed by atoms with Crippen LogP contribution >= 0.6 is 0 Å². The lowest BCUT2D eigenvalue weighted by molar-refractivity contribution is -0.155. The summed E-state index contributed by atoms with van der Waals surface area (Å²) >= 11 is 0. The number of aliphatic hydroxyl groups excluding tert-OH is 1. The van der Waals surface area contributed by atoms with Crippen molar-refractivity contribution in [3.63, 3.8) is 0 Å². The van der Waals surface area contributed by atoms with Gasteiger partial charge in [-0.05, 0) is 188 Å². The average Bonchev–Trinajstić information content (AvgIpc) is 1.62. The van der Waals surface area contributed by atoms with Crippen LogP contribution in [0.2, 0.25) is 0 Å². The van der Waals surface area contributed by atoms with E-state index in [0.717, 1.165) is 68.9 Å². The van der Waals surface area contributed by atoms with Crippen LogP contribution in [0.3, 0.4) is 0 Å². The van der Waals surface area contributed by atoms with Crippen LogP contribution in [0, 0.1) is 105 Å². The summed E-state index contributed by atoms with van der Waals surface area (Å²) in [5, 5.41) is 10.1. The predicted octanol–water partition coefficient (Wildman–Crippen LogP) is 17.1. The molecule has 6 heterocycles. The third-order valence-electron chi connectivity index (χ3n) is 22.1. The van der Waals surface area contributed by atoms with Crippen molar-refractivity contribution in [1.29, 1.82) is 0 Å². The molecule has 11 nitrogen and oxygen atoms in total. The predicted molar refractivity (Wildman–Crippen MR) is 364 cm³/mol. The Hall–Kier alpha value is -8.33. The molecule has 0 bridgehead atoms. The maximum absolute atomic E-state index is 13.6. The second-order valence-corrected chi connectivity index (χ2v) is 28.0. The van der Waals surface area contributed by atoms with Crippen LogP contribution in [0.5, 0.6) is 0 Å². The summed E-state index contributed by atoms with van der Waals surface area (Å²) in [4.78, 5) is 51.7. The molecule has 13 rings (SSSR count). The zero-order chi connectivity index (χ0) is 67.3. The van der Waals surface area contributed by atoms with Gasteiger partial charge in [-0.3, -0.25) is 29.3 Å². The first-order chi connectivity index (χ1) is 45.7. The number of hydrogen-bond donors (Lipinski definition) is 1. The summed E-state index contributed by atoms with van der Waals surface area (Å²) in [6.07, 6.45) is 19.8. The maximum atomic E-state index is 13.6. The molecule has 6 fully saturated rings. The quantitative estimate of drug-likeness (QED) is 0.0820. The van der Waals surface area contributed by atoms with E-state index in [2.05, 4.69) is 74.7 Å². The number of carbonyl (C=O) groups is 3. The first-order valence-electron chi connectivity index (χ1n) is 33.7.